The number of esters is 1. The quantitative estimate of drug-likeness (QED) is 0.0790. The molecule has 2 amide bonds. The summed E-state index contributed by atoms with van der Waals surface area (Å²) in [5, 5.41) is 5.98. The molecule has 0 heterocycles. The lowest BCUT2D eigenvalue weighted by molar-refractivity contribution is -0.149. The van der Waals surface area contributed by atoms with Crippen molar-refractivity contribution in [1.29, 1.82) is 0 Å². The molecule has 7 aromatic rings. The van der Waals surface area contributed by atoms with Crippen molar-refractivity contribution in [1.82, 2.24) is 10.6 Å². The van der Waals surface area contributed by atoms with Gasteiger partial charge in [-0.25, -0.2) is 9.59 Å². The van der Waals surface area contributed by atoms with E-state index in [0.717, 1.165) is 44.5 Å². The van der Waals surface area contributed by atoms with Crippen LogP contribution in [0, 0.1) is 6.92 Å². The van der Waals surface area contributed by atoms with Gasteiger partial charge in [-0.3, -0.25) is 4.79 Å². The Kier molecular flexibility index (Phi) is 12.3. The van der Waals surface area contributed by atoms with Gasteiger partial charge in [0.1, 0.15) is 37.2 Å². The molecular weight excluding hydrogens is 761 g/mol. The average Bonchev–Trinajstić information content (AvgIpc) is 3.63. The third-order valence-electron chi connectivity index (χ3n) is 11.1. The van der Waals surface area contributed by atoms with Crippen LogP contribution in [0.3, 0.4) is 0 Å². The highest BCUT2D eigenvalue weighted by Gasteiger charge is 2.39. The number of ether oxygens (including phenoxy) is 3. The fraction of sp³-hybridized carbons (Fsp3) is 0.151. The van der Waals surface area contributed by atoms with E-state index >= 15 is 0 Å². The van der Waals surface area contributed by atoms with Crippen LogP contribution in [-0.4, -0.2) is 30.6 Å². The zero-order valence-corrected chi connectivity index (χ0v) is 33.8. The van der Waals surface area contributed by atoms with Crippen molar-refractivity contribution in [2.75, 3.05) is 6.61 Å². The summed E-state index contributed by atoms with van der Waals surface area (Å²) >= 11 is 0. The van der Waals surface area contributed by atoms with Gasteiger partial charge in [-0.15, -0.1) is 0 Å². The van der Waals surface area contributed by atoms with Crippen LogP contribution >= 0.6 is 0 Å². The molecule has 0 saturated carbocycles. The van der Waals surface area contributed by atoms with Gasteiger partial charge in [0.15, 0.2) is 0 Å². The molecule has 0 spiro atoms. The number of fused-ring (bicyclic) bond motifs is 3. The van der Waals surface area contributed by atoms with E-state index in [-0.39, 0.29) is 19.1 Å². The summed E-state index contributed by atoms with van der Waals surface area (Å²) in [5.41, 5.74) is 8.54. The minimum atomic E-state index is -1.38. The molecule has 1 aliphatic rings. The molecule has 61 heavy (non-hydrogen) atoms. The molecule has 7 aromatic carbocycles. The molecule has 8 nitrogen and oxygen atoms in total. The summed E-state index contributed by atoms with van der Waals surface area (Å²) in [7, 11) is 0. The summed E-state index contributed by atoms with van der Waals surface area (Å²) in [6.07, 6.45) is -1.27. The molecule has 0 aliphatic heterocycles. The molecule has 0 unspecified atom stereocenters. The predicted molar refractivity (Wildman–Crippen MR) is 236 cm³/mol. The van der Waals surface area contributed by atoms with Crippen LogP contribution in [0.25, 0.3) is 11.1 Å². The van der Waals surface area contributed by atoms with Gasteiger partial charge in [0.2, 0.25) is 5.91 Å². The average molecular weight is 807 g/mol. The fourth-order valence-electron chi connectivity index (χ4n) is 7.99. The zero-order chi connectivity index (χ0) is 42.0. The van der Waals surface area contributed by atoms with Crippen molar-refractivity contribution in [3.63, 3.8) is 0 Å². The molecule has 1 atom stereocenters. The van der Waals surface area contributed by atoms with Crippen LogP contribution < -0.4 is 15.4 Å². The SMILES string of the molecule is Cc1ccc(COc2ccc(COC(=O)[C@H](CC(=O)NC(c3ccccc3)(c3ccccc3)c3ccccc3)NC(=O)OCC3c4ccccc4-c4ccccc43)cc2)cc1. The van der Waals surface area contributed by atoms with Crippen LogP contribution in [0.2, 0.25) is 0 Å². The fourth-order valence-corrected chi connectivity index (χ4v) is 7.99. The summed E-state index contributed by atoms with van der Waals surface area (Å²) in [5.74, 6) is -0.805. The van der Waals surface area contributed by atoms with E-state index < -0.39 is 36.0 Å². The standard InChI is InChI=1S/C53H46N2O6/c1-37-25-27-38(28-26-37)34-59-43-31-29-39(30-32-43)35-60-51(57)49(54-52(58)61-36-48-46-23-13-11-21-44(46)45-22-12-14-24-47(45)48)33-50(56)55-53(40-15-5-2-6-16-40,41-17-7-3-8-18-41)42-19-9-4-10-20-42/h2-32,48-49H,33-36H2,1H3,(H,54,58)(H,55,56)/t49-/m0/s1. The maximum atomic E-state index is 14.5. The van der Waals surface area contributed by atoms with Gasteiger partial charge in [-0.2, -0.15) is 0 Å². The van der Waals surface area contributed by atoms with Gasteiger partial charge in [0.25, 0.3) is 0 Å². The number of hydrogen-bond donors (Lipinski definition) is 2. The molecule has 0 radical (unpaired) electrons. The molecule has 0 fully saturated rings. The Morgan fingerprint density at radius 2 is 1.03 bits per heavy atom. The molecule has 8 heteroatoms. The first-order chi connectivity index (χ1) is 29.9. The predicted octanol–water partition coefficient (Wildman–Crippen LogP) is 10.0. The van der Waals surface area contributed by atoms with Crippen molar-refractivity contribution in [2.45, 2.75) is 44.1 Å². The normalized spacial score (nSPS) is 12.3. The minimum Gasteiger partial charge on any atom is -0.489 e. The number of hydrogen-bond acceptors (Lipinski definition) is 6. The monoisotopic (exact) mass is 806 g/mol. The molecule has 8 rings (SSSR count). The minimum absolute atomic E-state index is 0.0330. The Bertz CT molecular complexity index is 2440. The first-order valence-corrected chi connectivity index (χ1v) is 20.4. The van der Waals surface area contributed by atoms with E-state index in [4.69, 9.17) is 14.2 Å². The van der Waals surface area contributed by atoms with E-state index in [9.17, 15) is 14.4 Å². The number of carbonyl (C=O) groups excluding carboxylic acids is 3. The van der Waals surface area contributed by atoms with Crippen LogP contribution in [0.15, 0.2) is 188 Å². The van der Waals surface area contributed by atoms with Crippen LogP contribution in [0.5, 0.6) is 5.75 Å². The number of rotatable bonds is 15. The lowest BCUT2D eigenvalue weighted by Gasteiger charge is -2.37. The maximum absolute atomic E-state index is 14.5. The number of benzene rings is 7. The number of nitrogens with one attached hydrogen (secondary N) is 2. The Labute approximate surface area is 356 Å². The van der Waals surface area contributed by atoms with Crippen LogP contribution in [0.1, 0.15) is 56.8 Å². The summed E-state index contributed by atoms with van der Waals surface area (Å²) < 4.78 is 17.6. The third-order valence-corrected chi connectivity index (χ3v) is 11.1. The van der Waals surface area contributed by atoms with Crippen LogP contribution in [0.4, 0.5) is 4.79 Å². The molecular formula is C53H46N2O6. The van der Waals surface area contributed by atoms with E-state index in [1.165, 1.54) is 5.56 Å². The second-order valence-corrected chi connectivity index (χ2v) is 15.1. The number of alkyl carbamates (subject to hydrolysis) is 1. The van der Waals surface area contributed by atoms with Crippen molar-refractivity contribution in [2.24, 2.45) is 0 Å². The largest absolute Gasteiger partial charge is 0.489 e. The summed E-state index contributed by atoms with van der Waals surface area (Å²) in [4.78, 5) is 42.2. The lowest BCUT2D eigenvalue weighted by atomic mass is 9.77. The van der Waals surface area contributed by atoms with Gasteiger partial charge in [-0.1, -0.05) is 181 Å². The van der Waals surface area contributed by atoms with Crippen molar-refractivity contribution >= 4 is 18.0 Å². The highest BCUT2D eigenvalue weighted by atomic mass is 16.6. The Morgan fingerprint density at radius 1 is 0.557 bits per heavy atom. The smallest absolute Gasteiger partial charge is 0.407 e. The van der Waals surface area contributed by atoms with E-state index in [2.05, 4.69) is 22.8 Å². The molecule has 0 saturated heterocycles. The Balaban J connectivity index is 1.01. The Morgan fingerprint density at radius 3 is 1.57 bits per heavy atom. The van der Waals surface area contributed by atoms with Gasteiger partial charge < -0.3 is 24.8 Å². The van der Waals surface area contributed by atoms with Crippen molar-refractivity contribution in [3.8, 4) is 16.9 Å². The van der Waals surface area contributed by atoms with Crippen molar-refractivity contribution in [3.05, 3.63) is 233 Å². The van der Waals surface area contributed by atoms with Gasteiger partial charge in [0.05, 0.1) is 6.42 Å². The molecule has 0 bridgehead atoms. The summed E-state index contributed by atoms with van der Waals surface area (Å²) in [6, 6.07) is 59.1. The highest BCUT2D eigenvalue weighted by molar-refractivity contribution is 5.89. The number of amides is 2. The molecule has 1 aliphatic carbocycles. The van der Waals surface area contributed by atoms with E-state index in [1.807, 2.05) is 183 Å². The topological polar surface area (TPSA) is 103 Å². The second kappa shape index (κ2) is 18.6. The lowest BCUT2D eigenvalue weighted by Crippen LogP contribution is -2.51. The number of aryl methyl sites for hydroxylation is 1. The highest BCUT2D eigenvalue weighted by Crippen LogP contribution is 2.44. The first-order valence-electron chi connectivity index (χ1n) is 20.4. The molecule has 2 N–H and O–H groups in total. The molecule has 0 aromatic heterocycles. The van der Waals surface area contributed by atoms with Crippen LogP contribution in [-0.2, 0) is 37.8 Å². The van der Waals surface area contributed by atoms with Gasteiger partial charge >= 0.3 is 12.1 Å². The summed E-state index contributed by atoms with van der Waals surface area (Å²) in [6.45, 7) is 2.40. The van der Waals surface area contributed by atoms with Gasteiger partial charge in [0, 0.05) is 5.92 Å². The zero-order valence-electron chi connectivity index (χ0n) is 33.8. The van der Waals surface area contributed by atoms with E-state index in [1.54, 1.807) is 0 Å². The van der Waals surface area contributed by atoms with Crippen molar-refractivity contribution < 1.29 is 28.6 Å². The van der Waals surface area contributed by atoms with Gasteiger partial charge in [-0.05, 0) is 69.1 Å². The Hall–Kier alpha value is -7.45. The number of carbonyl (C=O) groups is 3. The molecule has 304 valence electrons. The maximum Gasteiger partial charge on any atom is 0.407 e. The second-order valence-electron chi connectivity index (χ2n) is 15.1. The third kappa shape index (κ3) is 9.24. The van der Waals surface area contributed by atoms with E-state index in [0.29, 0.717) is 17.9 Å². The first kappa shape index (κ1) is 40.3.